The van der Waals surface area contributed by atoms with Crippen molar-refractivity contribution in [1.29, 1.82) is 0 Å². The highest BCUT2D eigenvalue weighted by Gasteiger charge is 2.16. The third-order valence-corrected chi connectivity index (χ3v) is 2.95. The van der Waals surface area contributed by atoms with Crippen molar-refractivity contribution in [3.05, 3.63) is 23.9 Å². The Balaban J connectivity index is 2.63. The van der Waals surface area contributed by atoms with Crippen molar-refractivity contribution >= 4 is 0 Å². The minimum absolute atomic E-state index is 0.195. The maximum atomic E-state index is 4.13. The molecule has 1 heterocycles. The van der Waals surface area contributed by atoms with Crippen LogP contribution in [0, 0.1) is 5.41 Å². The zero-order chi connectivity index (χ0) is 10.8. The smallest absolute Gasteiger partial charge is 0.0175 e. The molecule has 0 spiro atoms. The van der Waals surface area contributed by atoms with Crippen LogP contribution in [-0.4, -0.2) is 18.0 Å². The molecular weight excluding hydrogens is 170 g/mol. The van der Waals surface area contributed by atoms with Gasteiger partial charge in [-0.2, -0.15) is 0 Å². The van der Waals surface area contributed by atoms with Gasteiger partial charge in [-0.1, -0.05) is 27.4 Å². The van der Waals surface area contributed by atoms with Crippen LogP contribution < -0.4 is 0 Å². The van der Waals surface area contributed by atoms with Gasteiger partial charge in [-0.25, -0.2) is 0 Å². The van der Waals surface area contributed by atoms with Gasteiger partial charge < -0.3 is 4.90 Å². The highest BCUT2D eigenvalue weighted by Crippen LogP contribution is 2.26. The maximum Gasteiger partial charge on any atom is 0.0175 e. The van der Waals surface area contributed by atoms with Crippen LogP contribution in [0.25, 0.3) is 0 Å². The third kappa shape index (κ3) is 2.90. The van der Waals surface area contributed by atoms with E-state index in [1.807, 2.05) is 0 Å². The van der Waals surface area contributed by atoms with Gasteiger partial charge >= 0.3 is 0 Å². The van der Waals surface area contributed by atoms with Gasteiger partial charge in [-0.05, 0) is 36.8 Å². The Morgan fingerprint density at radius 3 is 2.14 bits per heavy atom. The van der Waals surface area contributed by atoms with E-state index in [0.29, 0.717) is 0 Å². The number of likely N-dealkylation sites (tertiary alicyclic amines) is 1. The number of allylic oxidation sites excluding steroid dienone is 3. The van der Waals surface area contributed by atoms with Crippen molar-refractivity contribution in [3.8, 4) is 0 Å². The van der Waals surface area contributed by atoms with Gasteiger partial charge in [-0.3, -0.25) is 0 Å². The summed E-state index contributed by atoms with van der Waals surface area (Å²) in [5.41, 5.74) is 2.80. The molecule has 0 amide bonds. The van der Waals surface area contributed by atoms with Gasteiger partial charge in [0.1, 0.15) is 0 Å². The van der Waals surface area contributed by atoms with E-state index in [2.05, 4.69) is 45.2 Å². The first-order valence-corrected chi connectivity index (χ1v) is 5.54. The molecule has 14 heavy (non-hydrogen) atoms. The van der Waals surface area contributed by atoms with Crippen LogP contribution in [0.15, 0.2) is 23.9 Å². The quantitative estimate of drug-likeness (QED) is 0.606. The molecule has 0 unspecified atom stereocenters. The number of rotatable bonds is 2. The van der Waals surface area contributed by atoms with Crippen LogP contribution in [0.3, 0.4) is 0 Å². The van der Waals surface area contributed by atoms with Gasteiger partial charge in [0.15, 0.2) is 0 Å². The summed E-state index contributed by atoms with van der Waals surface area (Å²) in [7, 11) is 0. The Kier molecular flexibility index (Phi) is 3.41. The average molecular weight is 193 g/mol. The van der Waals surface area contributed by atoms with E-state index in [0.717, 1.165) is 0 Å². The predicted octanol–water partition coefficient (Wildman–Crippen LogP) is 3.59. The standard InChI is InChI=1S/C13H23N/c1-11(13(3,4)5)10-12(2)14-8-6-7-9-14/h10H,1,6-9H2,2-5H3/b12-10+. The molecule has 1 nitrogen and oxygen atoms in total. The molecule has 0 aromatic heterocycles. The Morgan fingerprint density at radius 1 is 1.21 bits per heavy atom. The molecule has 1 rings (SSSR count). The van der Waals surface area contributed by atoms with Gasteiger partial charge in [0.2, 0.25) is 0 Å². The number of hydrogen-bond acceptors (Lipinski definition) is 1. The van der Waals surface area contributed by atoms with Crippen molar-refractivity contribution in [2.24, 2.45) is 5.41 Å². The van der Waals surface area contributed by atoms with Crippen LogP contribution in [-0.2, 0) is 0 Å². The minimum Gasteiger partial charge on any atom is -0.375 e. The van der Waals surface area contributed by atoms with E-state index in [1.54, 1.807) is 0 Å². The lowest BCUT2D eigenvalue weighted by Crippen LogP contribution is -2.17. The summed E-state index contributed by atoms with van der Waals surface area (Å²) in [5, 5.41) is 0. The predicted molar refractivity (Wildman–Crippen MR) is 63.2 cm³/mol. The van der Waals surface area contributed by atoms with E-state index in [9.17, 15) is 0 Å². The summed E-state index contributed by atoms with van der Waals surface area (Å²) < 4.78 is 0. The van der Waals surface area contributed by atoms with Crippen molar-refractivity contribution in [2.45, 2.75) is 40.5 Å². The summed E-state index contributed by atoms with van der Waals surface area (Å²) in [5.74, 6) is 0. The van der Waals surface area contributed by atoms with E-state index in [-0.39, 0.29) is 5.41 Å². The summed E-state index contributed by atoms with van der Waals surface area (Å²) in [4.78, 5) is 2.46. The fourth-order valence-electron chi connectivity index (χ4n) is 1.63. The molecule has 0 aliphatic carbocycles. The van der Waals surface area contributed by atoms with Gasteiger partial charge in [0.05, 0.1) is 0 Å². The van der Waals surface area contributed by atoms with E-state index in [1.165, 1.54) is 37.2 Å². The zero-order valence-electron chi connectivity index (χ0n) is 10.1. The largest absolute Gasteiger partial charge is 0.375 e. The third-order valence-electron chi connectivity index (χ3n) is 2.95. The van der Waals surface area contributed by atoms with Crippen LogP contribution in [0.5, 0.6) is 0 Å². The molecular formula is C13H23N. The molecule has 0 radical (unpaired) electrons. The van der Waals surface area contributed by atoms with Gasteiger partial charge in [0, 0.05) is 18.8 Å². The van der Waals surface area contributed by atoms with Crippen LogP contribution in [0.4, 0.5) is 0 Å². The highest BCUT2D eigenvalue weighted by molar-refractivity contribution is 5.24. The van der Waals surface area contributed by atoms with Crippen molar-refractivity contribution < 1.29 is 0 Å². The molecule has 1 aliphatic heterocycles. The second-order valence-electron chi connectivity index (χ2n) is 5.26. The van der Waals surface area contributed by atoms with Crippen molar-refractivity contribution in [2.75, 3.05) is 13.1 Å². The lowest BCUT2D eigenvalue weighted by Gasteiger charge is -2.23. The minimum atomic E-state index is 0.195. The van der Waals surface area contributed by atoms with Crippen LogP contribution in [0.1, 0.15) is 40.5 Å². The van der Waals surface area contributed by atoms with E-state index >= 15 is 0 Å². The molecule has 0 bridgehead atoms. The SMILES string of the molecule is C=C(/C=C(\C)N1CCCC1)C(C)(C)C. The lowest BCUT2D eigenvalue weighted by atomic mass is 9.87. The van der Waals surface area contributed by atoms with Crippen molar-refractivity contribution in [1.82, 2.24) is 4.90 Å². The summed E-state index contributed by atoms with van der Waals surface area (Å²) in [6.07, 6.45) is 4.92. The summed E-state index contributed by atoms with van der Waals surface area (Å²) in [6.45, 7) is 15.4. The Hall–Kier alpha value is -0.720. The normalized spacial score (nSPS) is 18.9. The monoisotopic (exact) mass is 193 g/mol. The molecule has 0 N–H and O–H groups in total. The average Bonchev–Trinajstić information content (AvgIpc) is 2.53. The lowest BCUT2D eigenvalue weighted by molar-refractivity contribution is 0.424. The van der Waals surface area contributed by atoms with Crippen molar-refractivity contribution in [3.63, 3.8) is 0 Å². The molecule has 0 saturated carbocycles. The summed E-state index contributed by atoms with van der Waals surface area (Å²) in [6, 6.07) is 0. The summed E-state index contributed by atoms with van der Waals surface area (Å²) >= 11 is 0. The molecule has 1 saturated heterocycles. The number of nitrogens with zero attached hydrogens (tertiary/aromatic N) is 1. The second kappa shape index (κ2) is 4.20. The van der Waals surface area contributed by atoms with Gasteiger partial charge in [-0.15, -0.1) is 0 Å². The van der Waals surface area contributed by atoms with Gasteiger partial charge in [0.25, 0.3) is 0 Å². The van der Waals surface area contributed by atoms with Crippen LogP contribution in [0.2, 0.25) is 0 Å². The first-order chi connectivity index (χ1) is 6.41. The molecule has 1 heteroatoms. The highest BCUT2D eigenvalue weighted by atomic mass is 15.1. The molecule has 0 atom stereocenters. The number of hydrogen-bond donors (Lipinski definition) is 0. The fraction of sp³-hybridized carbons (Fsp3) is 0.692. The first kappa shape index (κ1) is 11.4. The molecule has 0 aromatic carbocycles. The second-order valence-corrected chi connectivity index (χ2v) is 5.26. The van der Waals surface area contributed by atoms with E-state index in [4.69, 9.17) is 0 Å². The Bertz CT molecular complexity index is 236. The zero-order valence-corrected chi connectivity index (χ0v) is 10.1. The molecule has 80 valence electrons. The fourth-order valence-corrected chi connectivity index (χ4v) is 1.63. The molecule has 1 fully saturated rings. The molecule has 0 aromatic rings. The first-order valence-electron chi connectivity index (χ1n) is 5.54. The van der Waals surface area contributed by atoms with Crippen LogP contribution >= 0.6 is 0 Å². The topological polar surface area (TPSA) is 3.24 Å². The van der Waals surface area contributed by atoms with E-state index < -0.39 is 0 Å². The Labute approximate surface area is 88.5 Å². The molecule has 1 aliphatic rings. The Morgan fingerprint density at radius 2 is 1.71 bits per heavy atom. The maximum absolute atomic E-state index is 4.13.